The van der Waals surface area contributed by atoms with Crippen molar-refractivity contribution in [1.29, 1.82) is 0 Å². The van der Waals surface area contributed by atoms with E-state index in [1.807, 2.05) is 21.7 Å². The lowest BCUT2D eigenvalue weighted by Gasteiger charge is -2.38. The Balaban J connectivity index is 0.000000156. The van der Waals surface area contributed by atoms with E-state index in [4.69, 9.17) is 15.7 Å². The molecule has 5 aliphatic rings. The van der Waals surface area contributed by atoms with E-state index in [0.717, 1.165) is 112 Å². The van der Waals surface area contributed by atoms with Gasteiger partial charge in [-0.15, -0.1) is 22.7 Å². The van der Waals surface area contributed by atoms with Gasteiger partial charge in [-0.1, -0.05) is 24.3 Å². The highest BCUT2D eigenvalue weighted by atomic mass is 32.1. The largest absolute Gasteiger partial charge is 0.342 e. The van der Waals surface area contributed by atoms with E-state index in [1.54, 1.807) is 22.7 Å². The molecular formula is C37H48N6O3S2. The fourth-order valence-electron chi connectivity index (χ4n) is 7.70. The molecule has 0 spiro atoms. The van der Waals surface area contributed by atoms with E-state index < -0.39 is 6.04 Å². The highest BCUT2D eigenvalue weighted by Crippen LogP contribution is 2.39. The monoisotopic (exact) mass is 688 g/mol. The SMILES string of the molecule is CN(C(=O)C(N)C1CCc2nc(CC(=O)N3CCCC3)sc2C1)C1CCC1.O=C(Cc1nc2c(s1)Cc1ccccc1-2)N1CCCCC1. The lowest BCUT2D eigenvalue weighted by atomic mass is 9.84. The van der Waals surface area contributed by atoms with Crippen molar-refractivity contribution < 1.29 is 14.4 Å². The first-order chi connectivity index (χ1) is 23.3. The Morgan fingerprint density at radius 1 is 0.854 bits per heavy atom. The van der Waals surface area contributed by atoms with Gasteiger partial charge < -0.3 is 20.4 Å². The fraction of sp³-hybridized carbons (Fsp3) is 0.595. The van der Waals surface area contributed by atoms with Crippen LogP contribution in [0.2, 0.25) is 0 Å². The molecule has 48 heavy (non-hydrogen) atoms. The summed E-state index contributed by atoms with van der Waals surface area (Å²) in [4.78, 5) is 55.3. The number of benzene rings is 1. The van der Waals surface area contributed by atoms with Crippen LogP contribution in [0.3, 0.4) is 0 Å². The third-order valence-electron chi connectivity index (χ3n) is 10.9. The molecule has 3 aliphatic carbocycles. The number of nitrogens with two attached hydrogens (primary N) is 1. The molecule has 2 saturated heterocycles. The molecule has 11 heteroatoms. The number of thiazole rings is 2. The van der Waals surface area contributed by atoms with Gasteiger partial charge in [0.05, 0.1) is 30.3 Å². The Kier molecular flexibility index (Phi) is 10.3. The summed E-state index contributed by atoms with van der Waals surface area (Å²) >= 11 is 3.36. The molecular weight excluding hydrogens is 641 g/mol. The molecule has 2 aromatic heterocycles. The van der Waals surface area contributed by atoms with E-state index in [9.17, 15) is 14.4 Å². The van der Waals surface area contributed by atoms with E-state index in [-0.39, 0.29) is 23.6 Å². The number of rotatable bonds is 7. The molecule has 3 fully saturated rings. The highest BCUT2D eigenvalue weighted by Gasteiger charge is 2.35. The molecule has 0 bridgehead atoms. The number of hydrogen-bond donors (Lipinski definition) is 1. The van der Waals surface area contributed by atoms with Gasteiger partial charge in [-0.3, -0.25) is 14.4 Å². The molecule has 8 rings (SSSR count). The molecule has 256 valence electrons. The third kappa shape index (κ3) is 7.23. The zero-order valence-corrected chi connectivity index (χ0v) is 29.8. The maximum Gasteiger partial charge on any atom is 0.239 e. The standard InChI is InChI=1S/C20H30N4O2S.C17H18N2OS/c1-23(14-5-4-6-14)20(26)19(21)13-7-8-15-16(11-13)27-17(22-15)12-18(25)24-9-2-3-10-24;20-16(19-8-4-1-5-9-19)11-15-18-17-13-7-3-2-6-12(13)10-14(17)21-15/h13-14,19H,2-12,21H2,1H3;2-3,6-7H,1,4-5,8-11H2. The van der Waals surface area contributed by atoms with E-state index in [2.05, 4.69) is 24.3 Å². The van der Waals surface area contributed by atoms with Crippen molar-refractivity contribution in [3.05, 3.63) is 55.3 Å². The van der Waals surface area contributed by atoms with Crippen LogP contribution in [0.25, 0.3) is 11.3 Å². The van der Waals surface area contributed by atoms with Gasteiger partial charge in [-0.05, 0) is 82.1 Å². The number of piperidine rings is 1. The molecule has 3 amide bonds. The summed E-state index contributed by atoms with van der Waals surface area (Å²) in [5.41, 5.74) is 11.2. The van der Waals surface area contributed by atoms with Crippen molar-refractivity contribution in [2.24, 2.45) is 11.7 Å². The van der Waals surface area contributed by atoms with Gasteiger partial charge in [-0.2, -0.15) is 0 Å². The summed E-state index contributed by atoms with van der Waals surface area (Å²) in [6.07, 6.45) is 13.6. The number of likely N-dealkylation sites (N-methyl/N-ethyl adjacent to an activating group) is 1. The van der Waals surface area contributed by atoms with Crippen molar-refractivity contribution in [1.82, 2.24) is 24.7 Å². The van der Waals surface area contributed by atoms with E-state index >= 15 is 0 Å². The summed E-state index contributed by atoms with van der Waals surface area (Å²) in [5, 5.41) is 1.90. The number of hydrogen-bond acceptors (Lipinski definition) is 8. The quantitative estimate of drug-likeness (QED) is 0.292. The molecule has 4 heterocycles. The minimum absolute atomic E-state index is 0.0853. The maximum absolute atomic E-state index is 12.7. The van der Waals surface area contributed by atoms with Gasteiger partial charge in [-0.25, -0.2) is 9.97 Å². The second kappa shape index (κ2) is 14.8. The van der Waals surface area contributed by atoms with Crippen LogP contribution in [0.1, 0.15) is 88.8 Å². The Morgan fingerprint density at radius 2 is 1.48 bits per heavy atom. The van der Waals surface area contributed by atoms with Gasteiger partial charge in [0, 0.05) is 61.0 Å². The third-order valence-corrected chi connectivity index (χ3v) is 13.1. The predicted molar refractivity (Wildman–Crippen MR) is 190 cm³/mol. The van der Waals surface area contributed by atoms with Crippen LogP contribution in [-0.2, 0) is 46.5 Å². The summed E-state index contributed by atoms with van der Waals surface area (Å²) in [6, 6.07) is 8.40. The average molecular weight is 689 g/mol. The predicted octanol–water partition coefficient (Wildman–Crippen LogP) is 5.02. The lowest BCUT2D eigenvalue weighted by molar-refractivity contribution is -0.136. The molecule has 1 saturated carbocycles. The molecule has 2 unspecified atom stereocenters. The Labute approximate surface area is 291 Å². The Bertz CT molecular complexity index is 1640. The number of fused-ring (bicyclic) bond motifs is 4. The van der Waals surface area contributed by atoms with E-state index in [0.29, 0.717) is 18.9 Å². The van der Waals surface area contributed by atoms with Crippen LogP contribution in [0, 0.1) is 5.92 Å². The maximum atomic E-state index is 12.7. The number of aromatic nitrogens is 2. The van der Waals surface area contributed by atoms with Crippen LogP contribution in [0.15, 0.2) is 24.3 Å². The first kappa shape index (κ1) is 33.4. The summed E-state index contributed by atoms with van der Waals surface area (Å²) < 4.78 is 0. The molecule has 1 aromatic carbocycles. The molecule has 2 N–H and O–H groups in total. The van der Waals surface area contributed by atoms with Gasteiger partial charge in [0.15, 0.2) is 0 Å². The number of nitrogens with zero attached hydrogens (tertiary/aromatic N) is 5. The van der Waals surface area contributed by atoms with Crippen molar-refractivity contribution >= 4 is 40.4 Å². The average Bonchev–Trinajstić information content (AvgIpc) is 3.88. The number of amides is 3. The van der Waals surface area contributed by atoms with Crippen LogP contribution in [-0.4, -0.2) is 87.7 Å². The summed E-state index contributed by atoms with van der Waals surface area (Å²) in [5.74, 6) is 0.705. The summed E-state index contributed by atoms with van der Waals surface area (Å²) in [7, 11) is 1.90. The van der Waals surface area contributed by atoms with Crippen molar-refractivity contribution in [2.45, 2.75) is 102 Å². The normalized spacial score (nSPS) is 20.6. The van der Waals surface area contributed by atoms with E-state index in [1.165, 1.54) is 33.7 Å². The zero-order chi connectivity index (χ0) is 33.2. The van der Waals surface area contributed by atoms with Crippen molar-refractivity contribution in [3.63, 3.8) is 0 Å². The minimum atomic E-state index is -0.430. The van der Waals surface area contributed by atoms with Crippen LogP contribution in [0.5, 0.6) is 0 Å². The molecule has 9 nitrogen and oxygen atoms in total. The van der Waals surface area contributed by atoms with Crippen molar-refractivity contribution in [2.75, 3.05) is 33.2 Å². The zero-order valence-electron chi connectivity index (χ0n) is 28.1. The van der Waals surface area contributed by atoms with Crippen LogP contribution < -0.4 is 5.73 Å². The topological polar surface area (TPSA) is 113 Å². The molecule has 2 atom stereocenters. The first-order valence-corrected chi connectivity index (χ1v) is 19.6. The highest BCUT2D eigenvalue weighted by molar-refractivity contribution is 7.12. The van der Waals surface area contributed by atoms with Gasteiger partial charge in [0.1, 0.15) is 10.0 Å². The summed E-state index contributed by atoms with van der Waals surface area (Å²) in [6.45, 7) is 3.62. The molecule has 0 radical (unpaired) electrons. The molecule has 3 aromatic rings. The number of carbonyl (C=O) groups is 3. The number of carbonyl (C=O) groups excluding carboxylic acids is 3. The Hall–Kier alpha value is -3.15. The van der Waals surface area contributed by atoms with Gasteiger partial charge in [0.2, 0.25) is 17.7 Å². The fourth-order valence-corrected chi connectivity index (χ4v) is 10.00. The smallest absolute Gasteiger partial charge is 0.239 e. The van der Waals surface area contributed by atoms with Gasteiger partial charge >= 0.3 is 0 Å². The Morgan fingerprint density at radius 3 is 2.15 bits per heavy atom. The van der Waals surface area contributed by atoms with Crippen LogP contribution >= 0.6 is 22.7 Å². The number of aryl methyl sites for hydroxylation is 1. The van der Waals surface area contributed by atoms with Gasteiger partial charge in [0.25, 0.3) is 0 Å². The van der Waals surface area contributed by atoms with Crippen molar-refractivity contribution in [3.8, 4) is 11.3 Å². The second-order valence-electron chi connectivity index (χ2n) is 14.1. The second-order valence-corrected chi connectivity index (χ2v) is 16.5. The lowest BCUT2D eigenvalue weighted by Crippen LogP contribution is -2.52. The first-order valence-electron chi connectivity index (χ1n) is 18.0. The number of likely N-dealkylation sites (tertiary alicyclic amines) is 2. The minimum Gasteiger partial charge on any atom is -0.342 e. The molecule has 2 aliphatic heterocycles. The van der Waals surface area contributed by atoms with Crippen LogP contribution in [0.4, 0.5) is 0 Å².